The van der Waals surface area contributed by atoms with E-state index in [-0.39, 0.29) is 18.3 Å². The topological polar surface area (TPSA) is 32.3 Å². The molecule has 0 heterocycles. The molecule has 1 saturated carbocycles. The molecule has 2 aromatic rings. The van der Waals surface area contributed by atoms with Gasteiger partial charge in [-0.15, -0.1) is 0 Å². The number of rotatable bonds is 6. The predicted octanol–water partition coefficient (Wildman–Crippen LogP) is 4.74. The van der Waals surface area contributed by atoms with Gasteiger partial charge in [0.1, 0.15) is 5.82 Å². The molecule has 6 heteroatoms. The lowest BCUT2D eigenvalue weighted by atomic mass is 10.2. The fourth-order valence-electron chi connectivity index (χ4n) is 2.55. The van der Waals surface area contributed by atoms with E-state index in [1.807, 2.05) is 0 Å². The van der Waals surface area contributed by atoms with Crippen LogP contribution in [0.5, 0.6) is 0 Å². The van der Waals surface area contributed by atoms with Crippen molar-refractivity contribution in [2.24, 2.45) is 0 Å². The Kier molecular flexibility index (Phi) is 5.39. The van der Waals surface area contributed by atoms with Crippen LogP contribution >= 0.6 is 23.2 Å². The van der Waals surface area contributed by atoms with E-state index in [1.54, 1.807) is 30.3 Å². The molecule has 0 spiro atoms. The first-order valence-corrected chi connectivity index (χ1v) is 8.51. The highest BCUT2D eigenvalue weighted by Crippen LogP contribution is 2.30. The van der Waals surface area contributed by atoms with Crippen molar-refractivity contribution in [2.75, 3.05) is 11.9 Å². The van der Waals surface area contributed by atoms with Crippen LogP contribution in [0.15, 0.2) is 42.5 Å². The van der Waals surface area contributed by atoms with Crippen LogP contribution in [0.2, 0.25) is 10.0 Å². The van der Waals surface area contributed by atoms with Gasteiger partial charge in [0.05, 0.1) is 22.3 Å². The number of nitrogens with one attached hydrogen (secondary N) is 1. The Morgan fingerprint density at radius 1 is 1.17 bits per heavy atom. The smallest absolute Gasteiger partial charge is 0.238 e. The minimum absolute atomic E-state index is 0.145. The van der Waals surface area contributed by atoms with Crippen molar-refractivity contribution in [3.63, 3.8) is 0 Å². The number of hydrogen-bond acceptors (Lipinski definition) is 2. The monoisotopic (exact) mass is 366 g/mol. The van der Waals surface area contributed by atoms with Gasteiger partial charge in [-0.25, -0.2) is 4.39 Å². The van der Waals surface area contributed by atoms with Crippen LogP contribution in [0.25, 0.3) is 0 Å². The van der Waals surface area contributed by atoms with E-state index in [9.17, 15) is 9.18 Å². The number of carbonyl (C=O) groups excluding carboxylic acids is 1. The van der Waals surface area contributed by atoms with Gasteiger partial charge in [-0.2, -0.15) is 0 Å². The van der Waals surface area contributed by atoms with Gasteiger partial charge in [0.15, 0.2) is 0 Å². The highest BCUT2D eigenvalue weighted by Gasteiger charge is 2.30. The highest BCUT2D eigenvalue weighted by atomic mass is 35.5. The van der Waals surface area contributed by atoms with Crippen molar-refractivity contribution in [3.8, 4) is 0 Å². The van der Waals surface area contributed by atoms with Gasteiger partial charge in [-0.3, -0.25) is 9.69 Å². The van der Waals surface area contributed by atoms with Crippen molar-refractivity contribution in [2.45, 2.75) is 25.4 Å². The average Bonchev–Trinajstić information content (AvgIpc) is 3.38. The first-order chi connectivity index (χ1) is 11.5. The Morgan fingerprint density at radius 2 is 1.88 bits per heavy atom. The van der Waals surface area contributed by atoms with Gasteiger partial charge in [-0.1, -0.05) is 41.4 Å². The zero-order valence-corrected chi connectivity index (χ0v) is 14.4. The first-order valence-electron chi connectivity index (χ1n) is 7.75. The van der Waals surface area contributed by atoms with Crippen LogP contribution in [-0.2, 0) is 11.3 Å². The summed E-state index contributed by atoms with van der Waals surface area (Å²) in [4.78, 5) is 14.4. The van der Waals surface area contributed by atoms with E-state index in [0.29, 0.717) is 28.3 Å². The summed E-state index contributed by atoms with van der Waals surface area (Å²) in [5.41, 5.74) is 1.49. The lowest BCUT2D eigenvalue weighted by Crippen LogP contribution is -2.34. The van der Waals surface area contributed by atoms with Crippen LogP contribution in [0, 0.1) is 5.82 Å². The zero-order chi connectivity index (χ0) is 17.1. The minimum atomic E-state index is -0.259. The fourth-order valence-corrected chi connectivity index (χ4v) is 2.90. The van der Waals surface area contributed by atoms with E-state index < -0.39 is 0 Å². The number of hydrogen-bond donors (Lipinski definition) is 1. The molecular weight excluding hydrogens is 350 g/mol. The Balaban J connectivity index is 1.64. The maximum Gasteiger partial charge on any atom is 0.238 e. The summed E-state index contributed by atoms with van der Waals surface area (Å²) in [5, 5.41) is 3.54. The summed E-state index contributed by atoms with van der Waals surface area (Å²) in [6.45, 7) is 0.868. The molecule has 1 aliphatic rings. The summed E-state index contributed by atoms with van der Waals surface area (Å²) in [5.74, 6) is -0.404. The Bertz CT molecular complexity index is 732. The van der Waals surface area contributed by atoms with Crippen molar-refractivity contribution in [3.05, 3.63) is 63.9 Å². The Hall–Kier alpha value is -1.62. The third-order valence-electron chi connectivity index (χ3n) is 3.93. The molecule has 0 saturated heterocycles. The molecule has 1 N–H and O–H groups in total. The van der Waals surface area contributed by atoms with Crippen molar-refractivity contribution >= 4 is 34.8 Å². The van der Waals surface area contributed by atoms with Crippen LogP contribution in [0.1, 0.15) is 18.4 Å². The Labute approximate surface area is 150 Å². The van der Waals surface area contributed by atoms with Crippen LogP contribution in [0.4, 0.5) is 10.1 Å². The number of carbonyl (C=O) groups is 1. The molecule has 0 unspecified atom stereocenters. The normalized spacial score (nSPS) is 14.0. The van der Waals surface area contributed by atoms with Crippen LogP contribution in [-0.4, -0.2) is 23.4 Å². The standard InChI is InChI=1S/C18H17Cl2FN2O/c19-15-2-1-3-16(18(15)20)22-17(24)11-23(14-8-9-14)10-12-4-6-13(21)7-5-12/h1-7,14H,8-11H2,(H,22,24). The quantitative estimate of drug-likeness (QED) is 0.800. The van der Waals surface area contributed by atoms with Crippen LogP contribution < -0.4 is 5.32 Å². The second-order valence-corrected chi connectivity index (χ2v) is 6.70. The summed E-state index contributed by atoms with van der Waals surface area (Å²) >= 11 is 12.1. The molecule has 0 aromatic heterocycles. The third kappa shape index (κ3) is 4.47. The van der Waals surface area contributed by atoms with E-state index in [2.05, 4.69) is 10.2 Å². The number of anilines is 1. The summed E-state index contributed by atoms with van der Waals surface area (Å²) < 4.78 is 13.0. The molecular formula is C18H17Cl2FN2O. The van der Waals surface area contributed by atoms with Gasteiger partial charge in [0.2, 0.25) is 5.91 Å². The largest absolute Gasteiger partial charge is 0.324 e. The molecule has 0 radical (unpaired) electrons. The molecule has 2 aromatic carbocycles. The van der Waals surface area contributed by atoms with Crippen LogP contribution in [0.3, 0.4) is 0 Å². The minimum Gasteiger partial charge on any atom is -0.324 e. The molecule has 1 aliphatic carbocycles. The SMILES string of the molecule is O=C(CN(Cc1ccc(F)cc1)C1CC1)Nc1cccc(Cl)c1Cl. The first kappa shape index (κ1) is 17.2. The van der Waals surface area contributed by atoms with Gasteiger partial charge >= 0.3 is 0 Å². The van der Waals surface area contributed by atoms with E-state index in [4.69, 9.17) is 23.2 Å². The lowest BCUT2D eigenvalue weighted by Gasteiger charge is -2.21. The van der Waals surface area contributed by atoms with E-state index in [0.717, 1.165) is 18.4 Å². The Morgan fingerprint density at radius 3 is 2.54 bits per heavy atom. The molecule has 1 amide bonds. The lowest BCUT2D eigenvalue weighted by molar-refractivity contribution is -0.117. The predicted molar refractivity (Wildman–Crippen MR) is 94.9 cm³/mol. The van der Waals surface area contributed by atoms with Crippen molar-refractivity contribution < 1.29 is 9.18 Å². The molecule has 126 valence electrons. The van der Waals surface area contributed by atoms with Crippen molar-refractivity contribution in [1.82, 2.24) is 4.90 Å². The maximum absolute atomic E-state index is 13.0. The fraction of sp³-hybridized carbons (Fsp3) is 0.278. The second-order valence-electron chi connectivity index (χ2n) is 5.91. The second kappa shape index (κ2) is 7.51. The van der Waals surface area contributed by atoms with Gasteiger partial charge in [0.25, 0.3) is 0 Å². The molecule has 1 fully saturated rings. The number of nitrogens with zero attached hydrogens (tertiary/aromatic N) is 1. The molecule has 0 aliphatic heterocycles. The van der Waals surface area contributed by atoms with Gasteiger partial charge in [-0.05, 0) is 42.7 Å². The summed E-state index contributed by atoms with van der Waals surface area (Å²) in [6.07, 6.45) is 2.15. The number of benzene rings is 2. The summed E-state index contributed by atoms with van der Waals surface area (Å²) in [7, 11) is 0. The average molecular weight is 367 g/mol. The molecule has 3 rings (SSSR count). The van der Waals surface area contributed by atoms with E-state index >= 15 is 0 Å². The molecule has 0 atom stereocenters. The van der Waals surface area contributed by atoms with E-state index in [1.165, 1.54) is 12.1 Å². The van der Waals surface area contributed by atoms with Crippen molar-refractivity contribution in [1.29, 1.82) is 0 Å². The van der Waals surface area contributed by atoms with Gasteiger partial charge in [0, 0.05) is 12.6 Å². The molecule has 0 bridgehead atoms. The zero-order valence-electron chi connectivity index (χ0n) is 12.9. The summed E-state index contributed by atoms with van der Waals surface area (Å²) in [6, 6.07) is 11.9. The third-order valence-corrected chi connectivity index (χ3v) is 4.75. The maximum atomic E-state index is 13.0. The van der Waals surface area contributed by atoms with Gasteiger partial charge < -0.3 is 5.32 Å². The molecule has 24 heavy (non-hydrogen) atoms. The molecule has 3 nitrogen and oxygen atoms in total. The number of halogens is 3. The highest BCUT2D eigenvalue weighted by molar-refractivity contribution is 6.43. The number of amides is 1.